The van der Waals surface area contributed by atoms with E-state index >= 15 is 0 Å². The number of carbonyl (C=O) groups excluding carboxylic acids is 3. The summed E-state index contributed by atoms with van der Waals surface area (Å²) in [6, 6.07) is 14.5. The maximum atomic E-state index is 12.7. The van der Waals surface area contributed by atoms with Crippen LogP contribution in [0.2, 0.25) is 0 Å². The molecule has 10 nitrogen and oxygen atoms in total. The molecule has 0 fully saturated rings. The Morgan fingerprint density at radius 2 is 1.36 bits per heavy atom. The molecule has 0 unspecified atom stereocenters. The predicted molar refractivity (Wildman–Crippen MR) is 161 cm³/mol. The lowest BCUT2D eigenvalue weighted by Gasteiger charge is -2.13. The molecule has 2 heterocycles. The summed E-state index contributed by atoms with van der Waals surface area (Å²) >= 11 is 0. The molecule has 0 saturated heterocycles. The van der Waals surface area contributed by atoms with E-state index in [-0.39, 0.29) is 28.4 Å². The van der Waals surface area contributed by atoms with Crippen LogP contribution < -0.4 is 10.0 Å². The van der Waals surface area contributed by atoms with Crippen molar-refractivity contribution in [3.05, 3.63) is 77.2 Å². The molecule has 1 aliphatic rings. The molecule has 4 rings (SSSR count). The van der Waals surface area contributed by atoms with Gasteiger partial charge in [0.25, 0.3) is 21.8 Å². The number of anilines is 2. The topological polar surface area (TPSA) is 138 Å². The first-order valence-corrected chi connectivity index (χ1v) is 15.8. The van der Waals surface area contributed by atoms with Crippen LogP contribution in [0.3, 0.4) is 0 Å². The second-order valence-electron chi connectivity index (χ2n) is 10.5. The molecule has 3 amide bonds. The highest BCUT2D eigenvalue weighted by atomic mass is 32.2. The van der Waals surface area contributed by atoms with E-state index < -0.39 is 10.0 Å². The second kappa shape index (κ2) is 14.2. The normalized spacial score (nSPS) is 12.9. The molecule has 0 saturated carbocycles. The van der Waals surface area contributed by atoms with Gasteiger partial charge in [-0.3, -0.25) is 24.0 Å². The SMILES string of the molecule is Cc1cc(NS(=O)(=O)c2ccc(NC(=O)CCCCCCCCCCN3C(=O)c4ccccc4C3=O)cc2)nc(C)n1. The summed E-state index contributed by atoms with van der Waals surface area (Å²) in [7, 11) is -3.82. The quantitative estimate of drug-likeness (QED) is 0.172. The Bertz CT molecular complexity index is 1480. The molecule has 0 aliphatic carbocycles. The number of aryl methyl sites for hydroxylation is 2. The molecule has 1 aliphatic heterocycles. The van der Waals surface area contributed by atoms with Crippen LogP contribution in [0.25, 0.3) is 0 Å². The van der Waals surface area contributed by atoms with Gasteiger partial charge in [-0.1, -0.05) is 50.7 Å². The van der Waals surface area contributed by atoms with Crippen molar-refractivity contribution in [2.24, 2.45) is 0 Å². The average Bonchev–Trinajstić information content (AvgIpc) is 3.18. The molecule has 2 aromatic carbocycles. The van der Waals surface area contributed by atoms with Gasteiger partial charge in [-0.2, -0.15) is 0 Å². The summed E-state index contributed by atoms with van der Waals surface area (Å²) in [5.74, 6) is 0.185. The second-order valence-corrected chi connectivity index (χ2v) is 12.2. The number of nitrogens with zero attached hydrogens (tertiary/aromatic N) is 3. The van der Waals surface area contributed by atoms with Gasteiger partial charge in [-0.25, -0.2) is 18.4 Å². The van der Waals surface area contributed by atoms with Gasteiger partial charge in [0.15, 0.2) is 0 Å². The van der Waals surface area contributed by atoms with Crippen LogP contribution in [0.4, 0.5) is 11.5 Å². The fraction of sp³-hybridized carbons (Fsp3) is 0.387. The smallest absolute Gasteiger partial charge is 0.263 e. The van der Waals surface area contributed by atoms with Crippen molar-refractivity contribution < 1.29 is 22.8 Å². The summed E-state index contributed by atoms with van der Waals surface area (Å²) in [6.07, 6.45) is 8.13. The maximum Gasteiger partial charge on any atom is 0.263 e. The highest BCUT2D eigenvalue weighted by Gasteiger charge is 2.34. The lowest BCUT2D eigenvalue weighted by Crippen LogP contribution is -2.30. The molecule has 0 bridgehead atoms. The molecule has 0 spiro atoms. The number of imide groups is 1. The Kier molecular flexibility index (Phi) is 10.4. The zero-order chi connectivity index (χ0) is 30.1. The van der Waals surface area contributed by atoms with Gasteiger partial charge in [0.2, 0.25) is 5.91 Å². The fourth-order valence-electron chi connectivity index (χ4n) is 4.97. The Morgan fingerprint density at radius 1 is 0.786 bits per heavy atom. The van der Waals surface area contributed by atoms with Crippen molar-refractivity contribution in [1.82, 2.24) is 14.9 Å². The number of fused-ring (bicyclic) bond motifs is 1. The van der Waals surface area contributed by atoms with Crippen LogP contribution in [0, 0.1) is 13.8 Å². The van der Waals surface area contributed by atoms with Gasteiger partial charge in [0.1, 0.15) is 11.6 Å². The zero-order valence-electron chi connectivity index (χ0n) is 24.1. The highest BCUT2D eigenvalue weighted by Crippen LogP contribution is 2.23. The number of nitrogens with one attached hydrogen (secondary N) is 2. The Balaban J connectivity index is 1.06. The number of sulfonamides is 1. The number of unbranched alkanes of at least 4 members (excludes halogenated alkanes) is 7. The van der Waals surface area contributed by atoms with E-state index in [2.05, 4.69) is 20.0 Å². The highest BCUT2D eigenvalue weighted by molar-refractivity contribution is 7.92. The van der Waals surface area contributed by atoms with E-state index in [9.17, 15) is 22.8 Å². The van der Waals surface area contributed by atoms with Gasteiger partial charge >= 0.3 is 0 Å². The number of hydrogen-bond acceptors (Lipinski definition) is 7. The molecule has 222 valence electrons. The van der Waals surface area contributed by atoms with Gasteiger partial charge in [-0.15, -0.1) is 0 Å². The van der Waals surface area contributed by atoms with Gasteiger partial charge < -0.3 is 5.32 Å². The number of hydrogen-bond donors (Lipinski definition) is 2. The number of benzene rings is 2. The first-order valence-electron chi connectivity index (χ1n) is 14.3. The number of carbonyl (C=O) groups is 3. The predicted octanol–water partition coefficient (Wildman–Crippen LogP) is 5.64. The van der Waals surface area contributed by atoms with E-state index in [1.54, 1.807) is 56.3 Å². The van der Waals surface area contributed by atoms with Gasteiger partial charge in [-0.05, 0) is 63.1 Å². The standard InChI is InChI=1S/C31H37N5O5S/c1-22-21-28(33-23(2)32-22)35-42(40,41)25-18-16-24(17-19-25)34-29(37)15-9-7-5-3-4-6-8-12-20-36-30(38)26-13-10-11-14-27(26)31(36)39/h10-11,13-14,16-19,21H,3-9,12,15,20H2,1-2H3,(H,34,37)(H,32,33,35). The first-order chi connectivity index (χ1) is 20.1. The molecule has 1 aromatic heterocycles. The van der Waals surface area contributed by atoms with E-state index in [0.29, 0.717) is 41.3 Å². The van der Waals surface area contributed by atoms with Crippen molar-refractivity contribution in [2.75, 3.05) is 16.6 Å². The molecule has 3 aromatic rings. The molecular formula is C31H37N5O5S. The van der Waals surface area contributed by atoms with E-state index in [0.717, 1.165) is 51.4 Å². The van der Waals surface area contributed by atoms with Crippen molar-refractivity contribution in [1.29, 1.82) is 0 Å². The summed E-state index contributed by atoms with van der Waals surface area (Å²) < 4.78 is 27.8. The van der Waals surface area contributed by atoms with Crippen LogP contribution in [0.5, 0.6) is 0 Å². The zero-order valence-corrected chi connectivity index (χ0v) is 24.9. The third-order valence-corrected chi connectivity index (χ3v) is 8.44. The summed E-state index contributed by atoms with van der Waals surface area (Å²) in [5, 5.41) is 2.82. The monoisotopic (exact) mass is 591 g/mol. The van der Waals surface area contributed by atoms with Crippen LogP contribution in [-0.4, -0.2) is 47.6 Å². The molecule has 2 N–H and O–H groups in total. The minimum absolute atomic E-state index is 0.0676. The first kappa shape index (κ1) is 30.8. The molecule has 0 atom stereocenters. The Morgan fingerprint density at radius 3 is 1.95 bits per heavy atom. The van der Waals surface area contributed by atoms with Crippen LogP contribution in [0.15, 0.2) is 59.5 Å². The number of aromatic nitrogens is 2. The van der Waals surface area contributed by atoms with Crippen LogP contribution in [0.1, 0.15) is 90.0 Å². The molecular weight excluding hydrogens is 554 g/mol. The summed E-state index contributed by atoms with van der Waals surface area (Å²) in [5.41, 5.74) is 2.19. The minimum Gasteiger partial charge on any atom is -0.326 e. The Labute approximate surface area is 247 Å². The van der Waals surface area contributed by atoms with Crippen molar-refractivity contribution in [2.45, 2.75) is 76.5 Å². The van der Waals surface area contributed by atoms with Crippen LogP contribution in [-0.2, 0) is 14.8 Å². The third kappa shape index (κ3) is 8.22. The van der Waals surface area contributed by atoms with E-state index in [1.165, 1.54) is 17.0 Å². The van der Waals surface area contributed by atoms with Gasteiger partial charge in [0.05, 0.1) is 16.0 Å². The van der Waals surface area contributed by atoms with E-state index in [1.807, 2.05) is 0 Å². The third-order valence-electron chi connectivity index (χ3n) is 7.07. The summed E-state index contributed by atoms with van der Waals surface area (Å²) in [4.78, 5) is 46.8. The van der Waals surface area contributed by atoms with Gasteiger partial charge in [0, 0.05) is 30.4 Å². The lowest BCUT2D eigenvalue weighted by atomic mass is 10.1. The lowest BCUT2D eigenvalue weighted by molar-refractivity contribution is -0.116. The molecule has 42 heavy (non-hydrogen) atoms. The van der Waals surface area contributed by atoms with Crippen molar-refractivity contribution >= 4 is 39.3 Å². The Hall–Kier alpha value is -4.12. The summed E-state index contributed by atoms with van der Waals surface area (Å²) in [6.45, 7) is 3.91. The largest absolute Gasteiger partial charge is 0.326 e. The number of rotatable bonds is 15. The van der Waals surface area contributed by atoms with Crippen molar-refractivity contribution in [3.8, 4) is 0 Å². The molecule has 0 radical (unpaired) electrons. The fourth-order valence-corrected chi connectivity index (χ4v) is 5.96. The van der Waals surface area contributed by atoms with Crippen LogP contribution >= 0.6 is 0 Å². The number of amides is 3. The molecule has 11 heteroatoms. The maximum absolute atomic E-state index is 12.7. The van der Waals surface area contributed by atoms with Crippen molar-refractivity contribution in [3.63, 3.8) is 0 Å². The average molecular weight is 592 g/mol. The van der Waals surface area contributed by atoms with E-state index in [4.69, 9.17) is 0 Å². The minimum atomic E-state index is -3.82.